The fraction of sp³-hybridized carbons (Fsp3) is 0.263. The van der Waals surface area contributed by atoms with Gasteiger partial charge in [-0.25, -0.2) is 13.4 Å². The fourth-order valence-electron chi connectivity index (χ4n) is 3.25. The highest BCUT2D eigenvalue weighted by atomic mass is 35.5. The van der Waals surface area contributed by atoms with E-state index in [1.54, 1.807) is 28.7 Å². The molecule has 0 saturated carbocycles. The van der Waals surface area contributed by atoms with E-state index in [4.69, 9.17) is 11.6 Å². The van der Waals surface area contributed by atoms with E-state index in [0.29, 0.717) is 29.6 Å². The Morgan fingerprint density at radius 1 is 1.24 bits per heavy atom. The molecule has 0 spiro atoms. The van der Waals surface area contributed by atoms with Crippen LogP contribution in [0.1, 0.15) is 25.0 Å². The lowest BCUT2D eigenvalue weighted by molar-refractivity contribution is -0.111. The first-order valence-corrected chi connectivity index (χ1v) is 11.9. The number of nitrogens with one attached hydrogen (secondary N) is 1. The molecule has 1 aliphatic rings. The minimum Gasteiger partial charge on any atom is -0.322 e. The molecule has 2 aromatic heterocycles. The van der Waals surface area contributed by atoms with Crippen LogP contribution in [0.4, 0.5) is 5.69 Å². The van der Waals surface area contributed by atoms with Gasteiger partial charge in [0.05, 0.1) is 10.6 Å². The number of benzene rings is 1. The van der Waals surface area contributed by atoms with E-state index in [1.807, 2.05) is 11.6 Å². The Kier molecular flexibility index (Phi) is 5.73. The number of imidazole rings is 1. The molecule has 0 bridgehead atoms. The zero-order valence-electron chi connectivity index (χ0n) is 15.4. The number of amides is 1. The molecule has 0 unspecified atom stereocenters. The summed E-state index contributed by atoms with van der Waals surface area (Å²) in [7, 11) is -3.56. The molecule has 0 radical (unpaired) electrons. The number of fused-ring (bicyclic) bond motifs is 1. The predicted octanol–water partition coefficient (Wildman–Crippen LogP) is 3.88. The normalized spacial score (nSPS) is 15.9. The lowest BCUT2D eigenvalue weighted by Gasteiger charge is -2.26. The number of piperidine rings is 1. The maximum atomic E-state index is 12.8. The van der Waals surface area contributed by atoms with Gasteiger partial charge in [0.15, 0.2) is 10.1 Å². The Balaban J connectivity index is 1.49. The summed E-state index contributed by atoms with van der Waals surface area (Å²) in [6.07, 6.45) is 7.54. The van der Waals surface area contributed by atoms with Crippen LogP contribution in [-0.2, 0) is 14.8 Å². The molecule has 29 heavy (non-hydrogen) atoms. The van der Waals surface area contributed by atoms with Crippen LogP contribution in [0.25, 0.3) is 11.0 Å². The van der Waals surface area contributed by atoms with Crippen LogP contribution in [0.2, 0.25) is 5.15 Å². The van der Waals surface area contributed by atoms with Gasteiger partial charge < -0.3 is 5.32 Å². The first-order chi connectivity index (χ1) is 13.9. The number of sulfonamides is 1. The summed E-state index contributed by atoms with van der Waals surface area (Å²) in [5, 5.41) is 4.90. The molecule has 1 aliphatic heterocycles. The van der Waals surface area contributed by atoms with Gasteiger partial charge in [-0.2, -0.15) is 4.31 Å². The lowest BCUT2D eigenvalue weighted by atomic mass is 10.2. The Morgan fingerprint density at radius 3 is 2.83 bits per heavy atom. The van der Waals surface area contributed by atoms with Crippen molar-refractivity contribution in [3.05, 3.63) is 52.8 Å². The maximum Gasteiger partial charge on any atom is 0.248 e. The van der Waals surface area contributed by atoms with Crippen molar-refractivity contribution in [2.24, 2.45) is 0 Å². The van der Waals surface area contributed by atoms with Crippen molar-refractivity contribution < 1.29 is 13.2 Å². The van der Waals surface area contributed by atoms with Crippen LogP contribution in [0.15, 0.2) is 46.8 Å². The van der Waals surface area contributed by atoms with Crippen LogP contribution in [0, 0.1) is 0 Å². The number of carbonyl (C=O) groups is 1. The fourth-order valence-corrected chi connectivity index (χ4v) is 5.82. The molecule has 1 saturated heterocycles. The van der Waals surface area contributed by atoms with Crippen LogP contribution in [-0.4, -0.2) is 41.1 Å². The molecule has 3 heterocycles. The van der Waals surface area contributed by atoms with Gasteiger partial charge in [-0.3, -0.25) is 9.20 Å². The minimum atomic E-state index is -3.56. The minimum absolute atomic E-state index is 0.181. The summed E-state index contributed by atoms with van der Waals surface area (Å²) in [5.41, 5.74) is 1.03. The van der Waals surface area contributed by atoms with Gasteiger partial charge in [0, 0.05) is 36.4 Å². The summed E-state index contributed by atoms with van der Waals surface area (Å²) in [6, 6.07) is 6.32. The van der Waals surface area contributed by atoms with Crippen molar-refractivity contribution in [3.63, 3.8) is 0 Å². The number of anilines is 1. The number of hydrogen-bond donors (Lipinski definition) is 1. The number of hydrogen-bond acceptors (Lipinski definition) is 5. The van der Waals surface area contributed by atoms with Gasteiger partial charge in [-0.1, -0.05) is 24.1 Å². The summed E-state index contributed by atoms with van der Waals surface area (Å²) in [6.45, 7) is 1.07. The van der Waals surface area contributed by atoms with Gasteiger partial charge in [0.2, 0.25) is 15.9 Å². The lowest BCUT2D eigenvalue weighted by Crippen LogP contribution is -2.35. The number of rotatable bonds is 5. The molecule has 4 rings (SSSR count). The van der Waals surface area contributed by atoms with E-state index in [9.17, 15) is 13.2 Å². The van der Waals surface area contributed by atoms with Crippen molar-refractivity contribution in [1.82, 2.24) is 13.7 Å². The molecule has 7 nitrogen and oxygen atoms in total. The SMILES string of the molecule is O=C(/C=C/c1c(Cl)nc2sccn12)Nc1cccc(S(=O)(=O)N2CCCCC2)c1. The average molecular weight is 451 g/mol. The van der Waals surface area contributed by atoms with Gasteiger partial charge in [-0.05, 0) is 37.1 Å². The smallest absolute Gasteiger partial charge is 0.248 e. The van der Waals surface area contributed by atoms with E-state index < -0.39 is 15.9 Å². The molecule has 1 aromatic carbocycles. The highest BCUT2D eigenvalue weighted by Gasteiger charge is 2.26. The van der Waals surface area contributed by atoms with Crippen LogP contribution in [0.5, 0.6) is 0 Å². The van der Waals surface area contributed by atoms with Crippen LogP contribution >= 0.6 is 22.9 Å². The van der Waals surface area contributed by atoms with Gasteiger partial charge >= 0.3 is 0 Å². The third kappa shape index (κ3) is 4.23. The largest absolute Gasteiger partial charge is 0.322 e. The first-order valence-electron chi connectivity index (χ1n) is 9.15. The highest BCUT2D eigenvalue weighted by molar-refractivity contribution is 7.89. The van der Waals surface area contributed by atoms with E-state index in [0.717, 1.165) is 24.2 Å². The quantitative estimate of drug-likeness (QED) is 0.598. The van der Waals surface area contributed by atoms with Crippen molar-refractivity contribution in [2.75, 3.05) is 18.4 Å². The van der Waals surface area contributed by atoms with Crippen LogP contribution < -0.4 is 5.32 Å². The Labute approximate surface area is 177 Å². The zero-order chi connectivity index (χ0) is 20.4. The third-order valence-corrected chi connectivity index (χ3v) is 7.63. The zero-order valence-corrected chi connectivity index (χ0v) is 17.8. The summed E-state index contributed by atoms with van der Waals surface area (Å²) < 4.78 is 28.9. The first kappa shape index (κ1) is 20.1. The van der Waals surface area contributed by atoms with E-state index in [1.165, 1.54) is 27.8 Å². The second-order valence-corrected chi connectivity index (χ2v) is 9.83. The highest BCUT2D eigenvalue weighted by Crippen LogP contribution is 2.24. The van der Waals surface area contributed by atoms with Gasteiger partial charge in [-0.15, -0.1) is 11.3 Å². The average Bonchev–Trinajstić information content (AvgIpc) is 3.28. The predicted molar refractivity (Wildman–Crippen MR) is 115 cm³/mol. The Hall–Kier alpha value is -2.20. The number of halogens is 1. The Bertz CT molecular complexity index is 1180. The van der Waals surface area contributed by atoms with Crippen molar-refractivity contribution in [1.29, 1.82) is 0 Å². The molecule has 1 amide bonds. The molecular weight excluding hydrogens is 432 g/mol. The summed E-state index contributed by atoms with van der Waals surface area (Å²) in [5.74, 6) is -0.390. The number of aromatic nitrogens is 2. The standard InChI is InChI=1S/C19H19ClN4O3S2/c20-18-16(24-11-12-28-19(24)22-18)7-8-17(25)21-14-5-4-6-15(13-14)29(26,27)23-9-2-1-3-10-23/h4-8,11-13H,1-3,9-10H2,(H,21,25)/b8-7+. The van der Waals surface area contributed by atoms with E-state index in [2.05, 4.69) is 10.3 Å². The molecule has 10 heteroatoms. The van der Waals surface area contributed by atoms with Crippen molar-refractivity contribution >= 4 is 55.6 Å². The summed E-state index contributed by atoms with van der Waals surface area (Å²) >= 11 is 7.56. The number of thiazole rings is 1. The number of carbonyl (C=O) groups excluding carboxylic acids is 1. The van der Waals surface area contributed by atoms with Crippen molar-refractivity contribution in [2.45, 2.75) is 24.2 Å². The summed E-state index contributed by atoms with van der Waals surface area (Å²) in [4.78, 5) is 17.5. The topological polar surface area (TPSA) is 83.8 Å². The number of nitrogens with zero attached hydrogens (tertiary/aromatic N) is 3. The molecular formula is C19H19ClN4O3S2. The molecule has 3 aromatic rings. The van der Waals surface area contributed by atoms with Gasteiger partial charge in [0.1, 0.15) is 0 Å². The molecule has 152 valence electrons. The van der Waals surface area contributed by atoms with E-state index in [-0.39, 0.29) is 4.90 Å². The Morgan fingerprint density at radius 2 is 2.03 bits per heavy atom. The monoisotopic (exact) mass is 450 g/mol. The van der Waals surface area contributed by atoms with Crippen LogP contribution in [0.3, 0.4) is 0 Å². The molecule has 1 N–H and O–H groups in total. The molecule has 0 aliphatic carbocycles. The molecule has 0 atom stereocenters. The third-order valence-electron chi connectivity index (χ3n) is 4.70. The van der Waals surface area contributed by atoms with E-state index >= 15 is 0 Å². The van der Waals surface area contributed by atoms with Gasteiger partial charge in [0.25, 0.3) is 0 Å². The maximum absolute atomic E-state index is 12.8. The molecule has 1 fully saturated rings. The van der Waals surface area contributed by atoms with Crippen molar-refractivity contribution in [3.8, 4) is 0 Å². The second kappa shape index (κ2) is 8.27. The second-order valence-electron chi connectivity index (χ2n) is 6.66.